The minimum absolute atomic E-state index is 0.106. The first-order valence-corrected chi connectivity index (χ1v) is 8.64. The molecule has 0 aliphatic carbocycles. The van der Waals surface area contributed by atoms with Crippen LogP contribution in [0.2, 0.25) is 5.02 Å². The molecule has 0 spiro atoms. The molecule has 0 saturated carbocycles. The molecule has 1 aliphatic rings. The van der Waals surface area contributed by atoms with Gasteiger partial charge in [-0.3, -0.25) is 4.79 Å². The zero-order valence-electron chi connectivity index (χ0n) is 11.4. The van der Waals surface area contributed by atoms with Gasteiger partial charge in [-0.05, 0) is 24.6 Å². The highest BCUT2D eigenvalue weighted by Crippen LogP contribution is 2.40. The smallest absolute Gasteiger partial charge is 0.223 e. The van der Waals surface area contributed by atoms with Crippen LogP contribution in [0.4, 0.5) is 5.13 Å². The van der Waals surface area contributed by atoms with Gasteiger partial charge >= 0.3 is 0 Å². The number of nitrogens with one attached hydrogen (secondary N) is 2. The summed E-state index contributed by atoms with van der Waals surface area (Å²) in [6.07, 6.45) is 3.15. The van der Waals surface area contributed by atoms with Crippen LogP contribution in [0, 0.1) is 0 Å². The van der Waals surface area contributed by atoms with Gasteiger partial charge in [0.25, 0.3) is 0 Å². The molecule has 3 heterocycles. The van der Waals surface area contributed by atoms with Crippen molar-refractivity contribution in [2.75, 3.05) is 18.4 Å². The topological polar surface area (TPSA) is 54.0 Å². The Bertz CT molecular complexity index is 705. The zero-order chi connectivity index (χ0) is 14.8. The van der Waals surface area contributed by atoms with Crippen LogP contribution in [0.5, 0.6) is 0 Å². The Labute approximate surface area is 135 Å². The largest absolute Gasteiger partial charge is 0.313 e. The fourth-order valence-electron chi connectivity index (χ4n) is 2.17. The summed E-state index contributed by atoms with van der Waals surface area (Å²) in [5, 5.41) is 9.34. The average Bonchev–Trinajstić information content (AvgIpc) is 3.05. The number of amides is 1. The lowest BCUT2D eigenvalue weighted by Crippen LogP contribution is -2.19. The summed E-state index contributed by atoms with van der Waals surface area (Å²) < 4.78 is 0. The van der Waals surface area contributed by atoms with E-state index in [1.54, 1.807) is 11.3 Å². The lowest BCUT2D eigenvalue weighted by atomic mass is 10.1. The van der Waals surface area contributed by atoms with Crippen molar-refractivity contribution in [3.63, 3.8) is 0 Å². The Morgan fingerprint density at radius 1 is 1.52 bits per heavy atom. The minimum atomic E-state index is -0.106. The lowest BCUT2D eigenvalue weighted by molar-refractivity contribution is -0.114. The molecule has 0 aromatic carbocycles. The Balaban J connectivity index is 2.05. The summed E-state index contributed by atoms with van der Waals surface area (Å²) in [6, 6.07) is 1.92. The third kappa shape index (κ3) is 3.35. The highest BCUT2D eigenvalue weighted by atomic mass is 35.5. The van der Waals surface area contributed by atoms with Crippen molar-refractivity contribution >= 4 is 50.9 Å². The number of hydrogen-bond acceptors (Lipinski definition) is 5. The molecule has 0 bridgehead atoms. The number of carbonyl (C=O) groups excluding carboxylic acids is 1. The first-order chi connectivity index (χ1) is 10.1. The van der Waals surface area contributed by atoms with E-state index in [2.05, 4.69) is 21.7 Å². The molecule has 4 nitrogen and oxygen atoms in total. The number of thiazole rings is 1. The summed E-state index contributed by atoms with van der Waals surface area (Å²) in [5.41, 5.74) is 2.19. The quantitative estimate of drug-likeness (QED) is 0.892. The molecule has 0 radical (unpaired) electrons. The second kappa shape index (κ2) is 6.27. The third-order valence-electron chi connectivity index (χ3n) is 3.07. The molecule has 3 rings (SSSR count). The maximum atomic E-state index is 11.3. The van der Waals surface area contributed by atoms with Crippen LogP contribution in [0.15, 0.2) is 17.5 Å². The van der Waals surface area contributed by atoms with E-state index in [0.29, 0.717) is 10.2 Å². The Hall–Kier alpha value is -1.21. The van der Waals surface area contributed by atoms with E-state index < -0.39 is 0 Å². The fraction of sp³-hybridized carbons (Fsp3) is 0.286. The first kappa shape index (κ1) is 14.7. The molecular weight excluding hydrogens is 326 g/mol. The molecule has 1 aliphatic heterocycles. The number of hydrogen-bond donors (Lipinski definition) is 2. The second-order valence-corrected chi connectivity index (χ2v) is 7.04. The number of rotatable bonds is 3. The van der Waals surface area contributed by atoms with Crippen molar-refractivity contribution in [2.24, 2.45) is 0 Å². The molecule has 0 saturated heterocycles. The zero-order valence-corrected chi connectivity index (χ0v) is 13.8. The van der Waals surface area contributed by atoms with Gasteiger partial charge in [-0.2, -0.15) is 0 Å². The number of aromatic nitrogens is 1. The molecule has 0 unspecified atom stereocenters. The lowest BCUT2D eigenvalue weighted by Gasteiger charge is -2.13. The monoisotopic (exact) mass is 339 g/mol. The fourth-order valence-corrected chi connectivity index (χ4v) is 4.40. The maximum Gasteiger partial charge on any atom is 0.223 e. The maximum absolute atomic E-state index is 11.3. The predicted molar refractivity (Wildman–Crippen MR) is 90.2 cm³/mol. The molecule has 110 valence electrons. The number of halogens is 1. The molecule has 2 aromatic rings. The molecule has 2 aromatic heterocycles. The van der Waals surface area contributed by atoms with E-state index in [-0.39, 0.29) is 5.91 Å². The van der Waals surface area contributed by atoms with Crippen LogP contribution in [0.3, 0.4) is 0 Å². The van der Waals surface area contributed by atoms with Crippen molar-refractivity contribution in [1.82, 2.24) is 10.3 Å². The number of thiophene rings is 1. The summed E-state index contributed by atoms with van der Waals surface area (Å²) in [6.45, 7) is 3.32. The van der Waals surface area contributed by atoms with Crippen LogP contribution in [0.1, 0.15) is 18.2 Å². The molecule has 21 heavy (non-hydrogen) atoms. The summed E-state index contributed by atoms with van der Waals surface area (Å²) in [5.74, 6) is -0.106. The van der Waals surface area contributed by atoms with Gasteiger partial charge in [0, 0.05) is 18.8 Å². The van der Waals surface area contributed by atoms with Gasteiger partial charge in [-0.1, -0.05) is 29.0 Å². The summed E-state index contributed by atoms with van der Waals surface area (Å²) in [7, 11) is 0. The Kier molecular flexibility index (Phi) is 4.40. The summed E-state index contributed by atoms with van der Waals surface area (Å²) in [4.78, 5) is 18.0. The Morgan fingerprint density at radius 2 is 2.38 bits per heavy atom. The molecule has 0 atom stereocenters. The van der Waals surface area contributed by atoms with Gasteiger partial charge < -0.3 is 10.6 Å². The van der Waals surface area contributed by atoms with Gasteiger partial charge in [0.1, 0.15) is 5.69 Å². The second-order valence-electron chi connectivity index (χ2n) is 4.69. The molecule has 7 heteroatoms. The molecule has 1 amide bonds. The van der Waals surface area contributed by atoms with Crippen molar-refractivity contribution in [3.8, 4) is 10.6 Å². The van der Waals surface area contributed by atoms with E-state index in [9.17, 15) is 4.79 Å². The minimum Gasteiger partial charge on any atom is -0.313 e. The van der Waals surface area contributed by atoms with Gasteiger partial charge in [0.15, 0.2) is 5.13 Å². The Morgan fingerprint density at radius 3 is 3.00 bits per heavy atom. The van der Waals surface area contributed by atoms with Gasteiger partial charge in [-0.25, -0.2) is 4.98 Å². The van der Waals surface area contributed by atoms with E-state index in [1.165, 1.54) is 23.8 Å². The van der Waals surface area contributed by atoms with Crippen molar-refractivity contribution in [3.05, 3.63) is 27.4 Å². The highest BCUT2D eigenvalue weighted by Gasteiger charge is 2.19. The van der Waals surface area contributed by atoms with E-state index in [4.69, 9.17) is 11.6 Å². The SMILES string of the molecule is CC(=O)Nc1nc(-c2cc(Cl)cs2)c(C2=CCNCC2)s1. The van der Waals surface area contributed by atoms with Crippen LogP contribution in [-0.4, -0.2) is 24.0 Å². The normalized spacial score (nSPS) is 14.9. The summed E-state index contributed by atoms with van der Waals surface area (Å²) >= 11 is 9.12. The predicted octanol–water partition coefficient (Wildman–Crippen LogP) is 3.86. The average molecular weight is 340 g/mol. The molecular formula is C14H14ClN3OS2. The van der Waals surface area contributed by atoms with Gasteiger partial charge in [-0.15, -0.1) is 11.3 Å². The van der Waals surface area contributed by atoms with Gasteiger partial charge in [0.05, 0.1) is 14.8 Å². The number of nitrogens with zero attached hydrogens (tertiary/aromatic N) is 1. The van der Waals surface area contributed by atoms with E-state index in [0.717, 1.165) is 35.0 Å². The molecule has 2 N–H and O–H groups in total. The standard InChI is InChI=1S/C14H14ClN3OS2/c1-8(19)17-14-18-12(11-6-10(15)7-20-11)13(21-14)9-2-4-16-5-3-9/h2,6-7,16H,3-5H2,1H3,(H,17,18,19). The number of anilines is 1. The van der Waals surface area contributed by atoms with Crippen LogP contribution in [-0.2, 0) is 4.79 Å². The first-order valence-electron chi connectivity index (χ1n) is 6.56. The van der Waals surface area contributed by atoms with E-state index >= 15 is 0 Å². The van der Waals surface area contributed by atoms with Crippen LogP contribution >= 0.6 is 34.3 Å². The van der Waals surface area contributed by atoms with Crippen LogP contribution in [0.25, 0.3) is 16.1 Å². The van der Waals surface area contributed by atoms with Crippen molar-refractivity contribution in [2.45, 2.75) is 13.3 Å². The number of carbonyl (C=O) groups is 1. The highest BCUT2D eigenvalue weighted by molar-refractivity contribution is 7.18. The van der Waals surface area contributed by atoms with Crippen molar-refractivity contribution < 1.29 is 4.79 Å². The molecule has 0 fully saturated rings. The third-order valence-corrected chi connectivity index (χ3v) is 5.40. The van der Waals surface area contributed by atoms with Crippen molar-refractivity contribution in [1.29, 1.82) is 0 Å². The van der Waals surface area contributed by atoms with Crippen LogP contribution < -0.4 is 10.6 Å². The van der Waals surface area contributed by atoms with Gasteiger partial charge in [0.2, 0.25) is 5.91 Å². The van der Waals surface area contributed by atoms with E-state index in [1.807, 2.05) is 11.4 Å².